The monoisotopic (exact) mass is 436 g/mol. The minimum Gasteiger partial charge on any atom is -0.496 e. The summed E-state index contributed by atoms with van der Waals surface area (Å²) in [5.74, 6) is -0.0983. The molecule has 0 saturated heterocycles. The molecule has 32 heavy (non-hydrogen) atoms. The zero-order chi connectivity index (χ0) is 22.9. The van der Waals surface area contributed by atoms with Crippen LogP contribution in [0.25, 0.3) is 5.57 Å². The van der Waals surface area contributed by atoms with E-state index in [0.717, 1.165) is 24.9 Å². The lowest BCUT2D eigenvalue weighted by Crippen LogP contribution is -2.34. The highest BCUT2D eigenvalue weighted by molar-refractivity contribution is 6.37. The van der Waals surface area contributed by atoms with Gasteiger partial charge in [0.2, 0.25) is 0 Å². The van der Waals surface area contributed by atoms with Crippen LogP contribution < -0.4 is 10.1 Å². The van der Waals surface area contributed by atoms with Crippen LogP contribution in [-0.4, -0.2) is 43.6 Å². The van der Waals surface area contributed by atoms with Crippen molar-refractivity contribution >= 4 is 23.1 Å². The van der Waals surface area contributed by atoms with Gasteiger partial charge < -0.3 is 14.8 Å². The number of carbonyl (C=O) groups excluding carboxylic acids is 2. The second-order valence-corrected chi connectivity index (χ2v) is 7.71. The minimum atomic E-state index is -0.330. The van der Waals surface area contributed by atoms with Crippen LogP contribution in [0, 0.1) is 0 Å². The van der Waals surface area contributed by atoms with E-state index in [0.29, 0.717) is 43.1 Å². The van der Waals surface area contributed by atoms with Crippen molar-refractivity contribution in [3.63, 3.8) is 0 Å². The maximum absolute atomic E-state index is 13.4. The summed E-state index contributed by atoms with van der Waals surface area (Å²) >= 11 is 0. The van der Waals surface area contributed by atoms with Gasteiger partial charge in [-0.1, -0.05) is 50.6 Å². The van der Waals surface area contributed by atoms with Crippen molar-refractivity contribution < 1.29 is 19.1 Å². The summed E-state index contributed by atoms with van der Waals surface area (Å²) in [7, 11) is 1.56. The van der Waals surface area contributed by atoms with Gasteiger partial charge in [-0.15, -0.1) is 0 Å². The molecule has 170 valence electrons. The Balaban J connectivity index is 1.87. The third kappa shape index (κ3) is 5.37. The third-order valence-corrected chi connectivity index (χ3v) is 5.49. The number of para-hydroxylation sites is 1. The molecule has 0 saturated carbocycles. The maximum Gasteiger partial charge on any atom is 0.278 e. The molecule has 1 N–H and O–H groups in total. The lowest BCUT2D eigenvalue weighted by atomic mass is 10.0. The first-order valence-corrected chi connectivity index (χ1v) is 11.3. The molecule has 0 aromatic heterocycles. The molecule has 3 rings (SSSR count). The molecular formula is C26H32N2O4. The van der Waals surface area contributed by atoms with Crippen LogP contribution in [0.3, 0.4) is 0 Å². The molecule has 0 radical (unpaired) electrons. The van der Waals surface area contributed by atoms with Gasteiger partial charge in [0.05, 0.1) is 12.7 Å². The van der Waals surface area contributed by atoms with Gasteiger partial charge in [0.25, 0.3) is 11.8 Å². The van der Waals surface area contributed by atoms with Crippen LogP contribution in [0.5, 0.6) is 5.75 Å². The quantitative estimate of drug-likeness (QED) is 0.387. The second-order valence-electron chi connectivity index (χ2n) is 7.71. The molecule has 1 aliphatic rings. The Bertz CT molecular complexity index is 966. The van der Waals surface area contributed by atoms with Crippen molar-refractivity contribution in [2.45, 2.75) is 39.5 Å². The highest BCUT2D eigenvalue weighted by Gasteiger charge is 2.39. The number of ether oxygens (including phenoxy) is 2. The topological polar surface area (TPSA) is 67.9 Å². The Hall–Kier alpha value is -3.12. The van der Waals surface area contributed by atoms with Gasteiger partial charge in [-0.3, -0.25) is 14.5 Å². The summed E-state index contributed by atoms with van der Waals surface area (Å²) in [6.45, 7) is 5.72. The zero-order valence-corrected chi connectivity index (χ0v) is 19.1. The first-order chi connectivity index (χ1) is 15.6. The van der Waals surface area contributed by atoms with Crippen molar-refractivity contribution in [1.29, 1.82) is 0 Å². The molecule has 6 heteroatoms. The van der Waals surface area contributed by atoms with E-state index in [9.17, 15) is 9.59 Å². The number of imide groups is 1. The molecule has 6 nitrogen and oxygen atoms in total. The number of amides is 2. The molecule has 2 amide bonds. The average Bonchev–Trinajstić information content (AvgIpc) is 3.05. The van der Waals surface area contributed by atoms with E-state index < -0.39 is 0 Å². The number of methoxy groups -OCH3 is 1. The van der Waals surface area contributed by atoms with Crippen molar-refractivity contribution in [2.75, 3.05) is 32.2 Å². The summed E-state index contributed by atoms with van der Waals surface area (Å²) in [6, 6.07) is 15.1. The minimum absolute atomic E-state index is 0.274. The smallest absolute Gasteiger partial charge is 0.278 e. The van der Waals surface area contributed by atoms with E-state index in [1.807, 2.05) is 36.4 Å². The van der Waals surface area contributed by atoms with E-state index >= 15 is 0 Å². The number of hydrogen-bond acceptors (Lipinski definition) is 5. The molecule has 0 aliphatic carbocycles. The predicted molar refractivity (Wildman–Crippen MR) is 126 cm³/mol. The van der Waals surface area contributed by atoms with Crippen molar-refractivity contribution in [3.8, 4) is 5.75 Å². The lowest BCUT2D eigenvalue weighted by molar-refractivity contribution is -0.137. The maximum atomic E-state index is 13.4. The standard InChI is InChI=1S/C26H32N2O4/c1-4-6-17-32-18-9-16-28-25(29)23(21-10-7-8-11-22(21)31-3)24(26(28)30)27-20-14-12-19(5-2)13-15-20/h7-8,10-15,27H,4-6,9,16-18H2,1-3H3. The molecule has 1 aliphatic heterocycles. The zero-order valence-electron chi connectivity index (χ0n) is 19.1. The van der Waals surface area contributed by atoms with E-state index in [4.69, 9.17) is 9.47 Å². The highest BCUT2D eigenvalue weighted by atomic mass is 16.5. The number of carbonyl (C=O) groups is 2. The fraction of sp³-hybridized carbons (Fsp3) is 0.385. The highest BCUT2D eigenvalue weighted by Crippen LogP contribution is 2.35. The first kappa shape index (κ1) is 23.5. The van der Waals surface area contributed by atoms with E-state index in [-0.39, 0.29) is 17.5 Å². The summed E-state index contributed by atoms with van der Waals surface area (Å²) in [5.41, 5.74) is 3.17. The average molecular weight is 437 g/mol. The molecule has 0 unspecified atom stereocenters. The van der Waals surface area contributed by atoms with Gasteiger partial charge in [0.15, 0.2) is 0 Å². The summed E-state index contributed by atoms with van der Waals surface area (Å²) in [5, 5.41) is 3.20. The fourth-order valence-electron chi connectivity index (χ4n) is 3.64. The van der Waals surface area contributed by atoms with E-state index in [1.54, 1.807) is 19.2 Å². The number of rotatable bonds is 12. The molecule has 1 heterocycles. The summed E-state index contributed by atoms with van der Waals surface area (Å²) in [6.07, 6.45) is 3.61. The normalized spacial score (nSPS) is 13.8. The number of aryl methyl sites for hydroxylation is 1. The van der Waals surface area contributed by atoms with E-state index in [2.05, 4.69) is 19.2 Å². The van der Waals surface area contributed by atoms with Crippen LogP contribution >= 0.6 is 0 Å². The van der Waals surface area contributed by atoms with Crippen LogP contribution in [-0.2, 0) is 20.7 Å². The molecule has 2 aromatic carbocycles. The Morgan fingerprint density at radius 1 is 0.906 bits per heavy atom. The SMILES string of the molecule is CCCCOCCCN1C(=O)C(Nc2ccc(CC)cc2)=C(c2ccccc2OC)C1=O. The van der Waals surface area contributed by atoms with Gasteiger partial charge >= 0.3 is 0 Å². The Kier molecular flexibility index (Phi) is 8.45. The van der Waals surface area contributed by atoms with E-state index in [1.165, 1.54) is 10.5 Å². The van der Waals surface area contributed by atoms with Gasteiger partial charge in [-0.05, 0) is 43.0 Å². The molecule has 2 aromatic rings. The predicted octanol–water partition coefficient (Wildman–Crippen LogP) is 4.66. The Labute approximate surface area is 190 Å². The second kappa shape index (κ2) is 11.5. The third-order valence-electron chi connectivity index (χ3n) is 5.49. The van der Waals surface area contributed by atoms with Crippen LogP contribution in [0.4, 0.5) is 5.69 Å². The number of anilines is 1. The Morgan fingerprint density at radius 3 is 2.31 bits per heavy atom. The fourth-order valence-corrected chi connectivity index (χ4v) is 3.64. The summed E-state index contributed by atoms with van der Waals surface area (Å²) < 4.78 is 11.1. The molecule has 0 spiro atoms. The van der Waals surface area contributed by atoms with Crippen LogP contribution in [0.2, 0.25) is 0 Å². The number of unbranched alkanes of at least 4 members (excludes halogenated alkanes) is 1. The largest absolute Gasteiger partial charge is 0.496 e. The van der Waals surface area contributed by atoms with Crippen molar-refractivity contribution in [1.82, 2.24) is 4.90 Å². The molecule has 0 atom stereocenters. The van der Waals surface area contributed by atoms with Gasteiger partial charge in [0, 0.05) is 31.0 Å². The van der Waals surface area contributed by atoms with Crippen molar-refractivity contribution in [2.24, 2.45) is 0 Å². The molecule has 0 fully saturated rings. The first-order valence-electron chi connectivity index (χ1n) is 11.3. The number of benzene rings is 2. The lowest BCUT2D eigenvalue weighted by Gasteiger charge is -2.15. The Morgan fingerprint density at radius 2 is 1.62 bits per heavy atom. The number of nitrogens with one attached hydrogen (secondary N) is 1. The molecular weight excluding hydrogens is 404 g/mol. The van der Waals surface area contributed by atoms with Gasteiger partial charge in [-0.25, -0.2) is 0 Å². The number of nitrogens with zero attached hydrogens (tertiary/aromatic N) is 1. The van der Waals surface area contributed by atoms with Gasteiger partial charge in [0.1, 0.15) is 11.4 Å². The molecule has 0 bridgehead atoms. The van der Waals surface area contributed by atoms with Crippen LogP contribution in [0.15, 0.2) is 54.2 Å². The van der Waals surface area contributed by atoms with Crippen molar-refractivity contribution in [3.05, 3.63) is 65.4 Å². The number of hydrogen-bond donors (Lipinski definition) is 1. The summed E-state index contributed by atoms with van der Waals surface area (Å²) in [4.78, 5) is 28.0. The van der Waals surface area contributed by atoms with Gasteiger partial charge in [-0.2, -0.15) is 0 Å². The van der Waals surface area contributed by atoms with Crippen LogP contribution in [0.1, 0.15) is 44.2 Å².